The number of ether oxygens (including phenoxy) is 1. The molecule has 1 saturated heterocycles. The van der Waals surface area contributed by atoms with Gasteiger partial charge < -0.3 is 15.0 Å². The second-order valence-electron chi connectivity index (χ2n) is 4.21. The van der Waals surface area contributed by atoms with Crippen LogP contribution in [-0.4, -0.2) is 54.1 Å². The van der Waals surface area contributed by atoms with Crippen LogP contribution < -0.4 is 5.32 Å². The molecule has 1 aliphatic heterocycles. The van der Waals surface area contributed by atoms with E-state index in [9.17, 15) is 4.79 Å². The maximum absolute atomic E-state index is 12.1. The zero-order valence-electron chi connectivity index (χ0n) is 10.6. The zero-order chi connectivity index (χ0) is 12.8. The minimum absolute atomic E-state index is 0.00954. The lowest BCUT2D eigenvalue weighted by atomic mass is 10.3. The fourth-order valence-corrected chi connectivity index (χ4v) is 1.93. The van der Waals surface area contributed by atoms with Gasteiger partial charge in [0.1, 0.15) is 17.8 Å². The fraction of sp³-hybridized carbons (Fsp3) is 0.583. The van der Waals surface area contributed by atoms with E-state index in [2.05, 4.69) is 15.3 Å². The van der Waals surface area contributed by atoms with Gasteiger partial charge in [-0.05, 0) is 12.8 Å². The smallest absolute Gasteiger partial charge is 0.272 e. The van der Waals surface area contributed by atoms with Crippen molar-refractivity contribution in [2.45, 2.75) is 12.8 Å². The van der Waals surface area contributed by atoms with Crippen LogP contribution in [-0.2, 0) is 4.74 Å². The standard InChI is InChI=1S/C12H18N4O2/c1-18-7-4-13-11-8-10(14-9-15-11)12(17)16-5-2-3-6-16/h8-9H,2-7H2,1H3,(H,13,14,15). The monoisotopic (exact) mass is 250 g/mol. The minimum Gasteiger partial charge on any atom is -0.383 e. The van der Waals surface area contributed by atoms with Crippen LogP contribution in [0.15, 0.2) is 12.4 Å². The summed E-state index contributed by atoms with van der Waals surface area (Å²) < 4.78 is 4.94. The molecule has 1 N–H and O–H groups in total. The number of nitrogens with one attached hydrogen (secondary N) is 1. The fourth-order valence-electron chi connectivity index (χ4n) is 1.93. The summed E-state index contributed by atoms with van der Waals surface area (Å²) in [5.41, 5.74) is 0.451. The van der Waals surface area contributed by atoms with E-state index in [4.69, 9.17) is 4.74 Å². The van der Waals surface area contributed by atoms with Gasteiger partial charge in [-0.1, -0.05) is 0 Å². The molecule has 1 aromatic heterocycles. The van der Waals surface area contributed by atoms with Crippen LogP contribution in [0.5, 0.6) is 0 Å². The maximum atomic E-state index is 12.1. The van der Waals surface area contributed by atoms with Crippen molar-refractivity contribution in [1.82, 2.24) is 14.9 Å². The molecule has 1 aliphatic rings. The molecule has 98 valence electrons. The van der Waals surface area contributed by atoms with Gasteiger partial charge in [-0.2, -0.15) is 0 Å². The predicted octanol–water partition coefficient (Wildman–Crippen LogP) is 0.771. The van der Waals surface area contributed by atoms with E-state index >= 15 is 0 Å². The molecule has 1 fully saturated rings. The van der Waals surface area contributed by atoms with Gasteiger partial charge in [0.05, 0.1) is 6.61 Å². The quantitative estimate of drug-likeness (QED) is 0.782. The molecule has 0 saturated carbocycles. The first kappa shape index (κ1) is 12.8. The Morgan fingerprint density at radius 2 is 2.22 bits per heavy atom. The van der Waals surface area contributed by atoms with Gasteiger partial charge in [-0.15, -0.1) is 0 Å². The zero-order valence-corrected chi connectivity index (χ0v) is 10.6. The molecule has 2 heterocycles. The van der Waals surface area contributed by atoms with E-state index in [0.717, 1.165) is 25.9 Å². The third-order valence-electron chi connectivity index (χ3n) is 2.89. The second kappa shape index (κ2) is 6.30. The molecule has 1 aromatic rings. The summed E-state index contributed by atoms with van der Waals surface area (Å²) in [6.07, 6.45) is 3.57. The summed E-state index contributed by atoms with van der Waals surface area (Å²) in [6, 6.07) is 1.69. The van der Waals surface area contributed by atoms with Gasteiger partial charge in [0, 0.05) is 32.8 Å². The molecular weight excluding hydrogens is 232 g/mol. The Morgan fingerprint density at radius 3 is 2.94 bits per heavy atom. The van der Waals surface area contributed by atoms with Crippen molar-refractivity contribution >= 4 is 11.7 Å². The number of likely N-dealkylation sites (tertiary alicyclic amines) is 1. The molecule has 0 spiro atoms. The molecule has 0 radical (unpaired) electrons. The Morgan fingerprint density at radius 1 is 1.44 bits per heavy atom. The molecule has 0 aliphatic carbocycles. The highest BCUT2D eigenvalue weighted by molar-refractivity contribution is 5.93. The summed E-state index contributed by atoms with van der Waals surface area (Å²) in [4.78, 5) is 22.1. The third-order valence-corrected chi connectivity index (χ3v) is 2.89. The number of nitrogens with zero attached hydrogens (tertiary/aromatic N) is 3. The molecule has 18 heavy (non-hydrogen) atoms. The van der Waals surface area contributed by atoms with Gasteiger partial charge in [-0.25, -0.2) is 9.97 Å². The van der Waals surface area contributed by atoms with Crippen LogP contribution in [0, 0.1) is 0 Å². The summed E-state index contributed by atoms with van der Waals surface area (Å²) >= 11 is 0. The number of carbonyl (C=O) groups excluding carboxylic acids is 1. The average molecular weight is 250 g/mol. The van der Waals surface area contributed by atoms with Crippen LogP contribution >= 0.6 is 0 Å². The topological polar surface area (TPSA) is 67.3 Å². The van der Waals surface area contributed by atoms with E-state index in [1.54, 1.807) is 13.2 Å². The number of hydrogen-bond acceptors (Lipinski definition) is 5. The SMILES string of the molecule is COCCNc1cc(C(=O)N2CCCC2)ncn1. The Balaban J connectivity index is 1.99. The number of aromatic nitrogens is 2. The number of carbonyl (C=O) groups is 1. The molecule has 0 unspecified atom stereocenters. The Hall–Kier alpha value is -1.69. The molecule has 0 aromatic carbocycles. The number of anilines is 1. The minimum atomic E-state index is -0.00954. The van der Waals surface area contributed by atoms with Gasteiger partial charge in [0.2, 0.25) is 0 Å². The van der Waals surface area contributed by atoms with Crippen molar-refractivity contribution in [2.75, 3.05) is 38.7 Å². The number of rotatable bonds is 5. The van der Waals surface area contributed by atoms with Crippen molar-refractivity contribution < 1.29 is 9.53 Å². The first-order valence-corrected chi connectivity index (χ1v) is 6.15. The Bertz CT molecular complexity index is 405. The van der Waals surface area contributed by atoms with E-state index < -0.39 is 0 Å². The van der Waals surface area contributed by atoms with Crippen LogP contribution in [0.4, 0.5) is 5.82 Å². The Kier molecular flexibility index (Phi) is 4.46. The first-order chi connectivity index (χ1) is 8.81. The lowest BCUT2D eigenvalue weighted by molar-refractivity contribution is 0.0787. The number of methoxy groups -OCH3 is 1. The summed E-state index contributed by atoms with van der Waals surface area (Å²) in [5.74, 6) is 0.647. The number of hydrogen-bond donors (Lipinski definition) is 1. The molecule has 0 atom stereocenters. The summed E-state index contributed by atoms with van der Waals surface area (Å²) in [5, 5.41) is 3.08. The maximum Gasteiger partial charge on any atom is 0.272 e. The normalized spacial score (nSPS) is 14.8. The van der Waals surface area contributed by atoms with Gasteiger partial charge in [0.25, 0.3) is 5.91 Å². The lowest BCUT2D eigenvalue weighted by Gasteiger charge is -2.14. The van der Waals surface area contributed by atoms with Crippen molar-refractivity contribution in [3.63, 3.8) is 0 Å². The molecule has 6 nitrogen and oxygen atoms in total. The first-order valence-electron chi connectivity index (χ1n) is 6.15. The molecule has 6 heteroatoms. The van der Waals surface area contributed by atoms with Gasteiger partial charge in [0.15, 0.2) is 0 Å². The van der Waals surface area contributed by atoms with Gasteiger partial charge >= 0.3 is 0 Å². The molecule has 1 amide bonds. The average Bonchev–Trinajstić information content (AvgIpc) is 2.92. The Labute approximate surface area is 106 Å². The van der Waals surface area contributed by atoms with Crippen molar-refractivity contribution in [3.05, 3.63) is 18.1 Å². The number of amides is 1. The van der Waals surface area contributed by atoms with Crippen LogP contribution in [0.2, 0.25) is 0 Å². The van der Waals surface area contributed by atoms with Crippen LogP contribution in [0.3, 0.4) is 0 Å². The summed E-state index contributed by atoms with van der Waals surface area (Å²) in [7, 11) is 1.64. The molecule has 2 rings (SSSR count). The van der Waals surface area contributed by atoms with E-state index in [1.165, 1.54) is 6.33 Å². The second-order valence-corrected chi connectivity index (χ2v) is 4.21. The van der Waals surface area contributed by atoms with Crippen LogP contribution in [0.25, 0.3) is 0 Å². The summed E-state index contributed by atoms with van der Waals surface area (Å²) in [6.45, 7) is 2.91. The largest absolute Gasteiger partial charge is 0.383 e. The van der Waals surface area contributed by atoms with Gasteiger partial charge in [-0.3, -0.25) is 4.79 Å². The van der Waals surface area contributed by atoms with Crippen molar-refractivity contribution in [3.8, 4) is 0 Å². The van der Waals surface area contributed by atoms with E-state index in [1.807, 2.05) is 4.90 Å². The highest BCUT2D eigenvalue weighted by atomic mass is 16.5. The van der Waals surface area contributed by atoms with Crippen LogP contribution in [0.1, 0.15) is 23.3 Å². The highest BCUT2D eigenvalue weighted by Gasteiger charge is 2.20. The highest BCUT2D eigenvalue weighted by Crippen LogP contribution is 2.12. The van der Waals surface area contributed by atoms with E-state index in [0.29, 0.717) is 24.7 Å². The lowest BCUT2D eigenvalue weighted by Crippen LogP contribution is -2.28. The molecular formula is C12H18N4O2. The molecule has 0 bridgehead atoms. The van der Waals surface area contributed by atoms with Crippen molar-refractivity contribution in [2.24, 2.45) is 0 Å². The van der Waals surface area contributed by atoms with Crippen molar-refractivity contribution in [1.29, 1.82) is 0 Å². The predicted molar refractivity (Wildman–Crippen MR) is 67.5 cm³/mol. The third kappa shape index (κ3) is 3.16. The van der Waals surface area contributed by atoms with E-state index in [-0.39, 0.29) is 5.91 Å².